The molecule has 2 amide bonds. The molecule has 0 radical (unpaired) electrons. The van der Waals surface area contributed by atoms with E-state index in [1.165, 1.54) is 47.4 Å². The molecule has 2 heterocycles. The molecule has 1 saturated heterocycles. The molecule has 1 atom stereocenters. The third kappa shape index (κ3) is 4.21. The van der Waals surface area contributed by atoms with Crippen molar-refractivity contribution in [2.24, 2.45) is 0 Å². The molecule has 10 heteroatoms. The smallest absolute Gasteiger partial charge is 0.415 e. The number of anilines is 2. The molecule has 1 aromatic heterocycles. The lowest BCUT2D eigenvalue weighted by Gasteiger charge is -2.11. The lowest BCUT2D eigenvalue weighted by molar-refractivity contribution is -0.114. The highest BCUT2D eigenvalue weighted by atomic mass is 32.2. The third-order valence-electron chi connectivity index (χ3n) is 3.63. The first kappa shape index (κ1) is 18.4. The number of nitrogens with one attached hydrogen (secondary N) is 2. The topological polar surface area (TPSA) is 105 Å². The van der Waals surface area contributed by atoms with Crippen LogP contribution >= 0.6 is 11.3 Å². The predicted molar refractivity (Wildman–Crippen MR) is 97.9 cm³/mol. The summed E-state index contributed by atoms with van der Waals surface area (Å²) in [6.45, 7) is 1.63. The van der Waals surface area contributed by atoms with E-state index in [4.69, 9.17) is 4.74 Å². The SMILES string of the molecule is CC(=O)Nc1ccc(S(=O)(=O)NCC2CN(c3cccs3)C(=O)O2)cc1. The Hall–Kier alpha value is -2.43. The van der Waals surface area contributed by atoms with E-state index in [0.29, 0.717) is 5.69 Å². The van der Waals surface area contributed by atoms with E-state index in [2.05, 4.69) is 10.0 Å². The van der Waals surface area contributed by atoms with Crippen molar-refractivity contribution in [1.82, 2.24) is 4.72 Å². The van der Waals surface area contributed by atoms with E-state index in [-0.39, 0.29) is 23.9 Å². The first-order valence-electron chi connectivity index (χ1n) is 7.74. The number of thiophene rings is 1. The molecular formula is C16H17N3O5S2. The molecule has 0 aliphatic carbocycles. The summed E-state index contributed by atoms with van der Waals surface area (Å²) in [7, 11) is -3.75. The highest BCUT2D eigenvalue weighted by Gasteiger charge is 2.33. The number of carbonyl (C=O) groups is 2. The summed E-state index contributed by atoms with van der Waals surface area (Å²) in [5, 5.41) is 5.18. The van der Waals surface area contributed by atoms with Crippen LogP contribution in [-0.2, 0) is 19.6 Å². The summed E-state index contributed by atoms with van der Waals surface area (Å²) in [6.07, 6.45) is -1.06. The van der Waals surface area contributed by atoms with Gasteiger partial charge in [0, 0.05) is 19.2 Å². The number of amides is 2. The second-order valence-electron chi connectivity index (χ2n) is 5.63. The monoisotopic (exact) mass is 395 g/mol. The van der Waals surface area contributed by atoms with Crippen LogP contribution < -0.4 is 14.9 Å². The van der Waals surface area contributed by atoms with Crippen LogP contribution in [0.4, 0.5) is 15.5 Å². The van der Waals surface area contributed by atoms with Gasteiger partial charge in [0.25, 0.3) is 0 Å². The number of rotatable bonds is 6. The molecule has 1 aliphatic rings. The van der Waals surface area contributed by atoms with Gasteiger partial charge in [-0.1, -0.05) is 0 Å². The zero-order valence-corrected chi connectivity index (χ0v) is 15.5. The van der Waals surface area contributed by atoms with Gasteiger partial charge in [0.2, 0.25) is 15.9 Å². The number of nitrogens with zero attached hydrogens (tertiary/aromatic N) is 1. The van der Waals surface area contributed by atoms with E-state index in [0.717, 1.165) is 5.00 Å². The highest BCUT2D eigenvalue weighted by Crippen LogP contribution is 2.26. The van der Waals surface area contributed by atoms with Gasteiger partial charge < -0.3 is 10.1 Å². The minimum Gasteiger partial charge on any atom is -0.443 e. The van der Waals surface area contributed by atoms with E-state index in [9.17, 15) is 18.0 Å². The Labute approximate surface area is 154 Å². The van der Waals surface area contributed by atoms with Gasteiger partial charge in [-0.15, -0.1) is 11.3 Å². The van der Waals surface area contributed by atoms with Crippen LogP contribution in [0.1, 0.15) is 6.92 Å². The van der Waals surface area contributed by atoms with Crippen LogP contribution in [-0.4, -0.2) is 39.6 Å². The maximum absolute atomic E-state index is 12.4. The van der Waals surface area contributed by atoms with Gasteiger partial charge in [-0.3, -0.25) is 9.69 Å². The van der Waals surface area contributed by atoms with E-state index >= 15 is 0 Å². The van der Waals surface area contributed by atoms with Crippen LogP contribution in [0.15, 0.2) is 46.7 Å². The van der Waals surface area contributed by atoms with Crippen molar-refractivity contribution in [2.45, 2.75) is 17.9 Å². The fraction of sp³-hybridized carbons (Fsp3) is 0.250. The molecule has 138 valence electrons. The molecule has 2 N–H and O–H groups in total. The van der Waals surface area contributed by atoms with Crippen molar-refractivity contribution in [3.63, 3.8) is 0 Å². The summed E-state index contributed by atoms with van der Waals surface area (Å²) in [6, 6.07) is 9.43. The summed E-state index contributed by atoms with van der Waals surface area (Å²) in [5.74, 6) is -0.239. The number of cyclic esters (lactones) is 1. The van der Waals surface area contributed by atoms with Gasteiger partial charge in [-0.05, 0) is 41.8 Å². The summed E-state index contributed by atoms with van der Waals surface area (Å²) in [5.41, 5.74) is 0.507. The average molecular weight is 395 g/mol. The number of hydrogen-bond acceptors (Lipinski definition) is 6. The highest BCUT2D eigenvalue weighted by molar-refractivity contribution is 7.89. The second kappa shape index (κ2) is 7.44. The van der Waals surface area contributed by atoms with Gasteiger partial charge in [0.1, 0.15) is 11.1 Å². The van der Waals surface area contributed by atoms with Crippen LogP contribution in [0.5, 0.6) is 0 Å². The number of sulfonamides is 1. The van der Waals surface area contributed by atoms with Crippen LogP contribution in [0.25, 0.3) is 0 Å². The largest absolute Gasteiger partial charge is 0.443 e. The lowest BCUT2D eigenvalue weighted by atomic mass is 10.3. The Morgan fingerprint density at radius 2 is 2.04 bits per heavy atom. The van der Waals surface area contributed by atoms with Crippen molar-refractivity contribution in [1.29, 1.82) is 0 Å². The molecule has 26 heavy (non-hydrogen) atoms. The lowest BCUT2D eigenvalue weighted by Crippen LogP contribution is -2.34. The fourth-order valence-corrected chi connectivity index (χ4v) is 4.23. The first-order valence-corrected chi connectivity index (χ1v) is 10.1. The van der Waals surface area contributed by atoms with Gasteiger partial charge in [0.05, 0.1) is 11.4 Å². The van der Waals surface area contributed by atoms with Crippen LogP contribution in [0, 0.1) is 0 Å². The molecule has 1 aromatic carbocycles. The standard InChI is InChI=1S/C16H17N3O5S2/c1-11(20)18-12-4-6-14(7-5-12)26(22,23)17-9-13-10-19(16(21)24-13)15-3-2-8-25-15/h2-8,13,17H,9-10H2,1H3,(H,18,20). The summed E-state index contributed by atoms with van der Waals surface area (Å²) >= 11 is 1.41. The Morgan fingerprint density at radius 3 is 2.65 bits per heavy atom. The van der Waals surface area contributed by atoms with E-state index < -0.39 is 22.2 Å². The molecule has 1 unspecified atom stereocenters. The molecule has 1 aliphatic heterocycles. The molecule has 0 saturated carbocycles. The zero-order chi connectivity index (χ0) is 18.7. The van der Waals surface area contributed by atoms with Gasteiger partial charge in [0.15, 0.2) is 0 Å². The van der Waals surface area contributed by atoms with Crippen LogP contribution in [0.3, 0.4) is 0 Å². The fourth-order valence-electron chi connectivity index (χ4n) is 2.44. The Kier molecular flexibility index (Phi) is 5.25. The van der Waals surface area contributed by atoms with Crippen LogP contribution in [0.2, 0.25) is 0 Å². The second-order valence-corrected chi connectivity index (χ2v) is 8.32. The van der Waals surface area contributed by atoms with Gasteiger partial charge in [-0.2, -0.15) is 0 Å². The number of carbonyl (C=O) groups excluding carboxylic acids is 2. The first-order chi connectivity index (χ1) is 12.3. The molecule has 0 bridgehead atoms. The Balaban J connectivity index is 1.60. The van der Waals surface area contributed by atoms with E-state index in [1.54, 1.807) is 6.07 Å². The zero-order valence-electron chi connectivity index (χ0n) is 13.8. The van der Waals surface area contributed by atoms with Crippen molar-refractivity contribution in [3.8, 4) is 0 Å². The Bertz CT molecular complexity index is 894. The van der Waals surface area contributed by atoms with Crippen molar-refractivity contribution >= 4 is 44.0 Å². The molecule has 1 fully saturated rings. The predicted octanol–water partition coefficient (Wildman–Crippen LogP) is 2.01. The molecule has 3 rings (SSSR count). The molecule has 8 nitrogen and oxygen atoms in total. The maximum atomic E-state index is 12.4. The molecule has 2 aromatic rings. The van der Waals surface area contributed by atoms with Crippen molar-refractivity contribution in [3.05, 3.63) is 41.8 Å². The average Bonchev–Trinajstić information content (AvgIpc) is 3.22. The number of hydrogen-bond donors (Lipinski definition) is 2. The number of ether oxygens (including phenoxy) is 1. The van der Waals surface area contributed by atoms with Gasteiger partial charge in [-0.25, -0.2) is 17.9 Å². The van der Waals surface area contributed by atoms with Gasteiger partial charge >= 0.3 is 6.09 Å². The molecular weight excluding hydrogens is 378 g/mol. The summed E-state index contributed by atoms with van der Waals surface area (Å²) in [4.78, 5) is 24.4. The number of benzene rings is 1. The quantitative estimate of drug-likeness (QED) is 0.778. The van der Waals surface area contributed by atoms with Crippen molar-refractivity contribution in [2.75, 3.05) is 23.3 Å². The third-order valence-corrected chi connectivity index (χ3v) is 5.96. The Morgan fingerprint density at radius 1 is 1.31 bits per heavy atom. The normalized spacial score (nSPS) is 17.2. The molecule has 0 spiro atoms. The van der Waals surface area contributed by atoms with Crippen molar-refractivity contribution < 1.29 is 22.7 Å². The summed E-state index contributed by atoms with van der Waals surface area (Å²) < 4.78 is 32.4. The maximum Gasteiger partial charge on any atom is 0.415 e. The minimum atomic E-state index is -3.75. The minimum absolute atomic E-state index is 0.0244. The van der Waals surface area contributed by atoms with E-state index in [1.807, 2.05) is 11.4 Å².